The van der Waals surface area contributed by atoms with E-state index >= 15 is 0 Å². The summed E-state index contributed by atoms with van der Waals surface area (Å²) in [5.41, 5.74) is 7.35. The molecular formula is C14H14BrF2N3O. The minimum Gasteiger partial charge on any atom is -0.435 e. The highest BCUT2D eigenvalue weighted by atomic mass is 79.9. The zero-order chi connectivity index (χ0) is 15.6. The summed E-state index contributed by atoms with van der Waals surface area (Å²) in [4.78, 5) is 8.67. The molecule has 7 heteroatoms. The van der Waals surface area contributed by atoms with Crippen molar-refractivity contribution in [3.8, 4) is 17.1 Å². The molecule has 0 unspecified atom stereocenters. The number of ether oxygens (including phenoxy) is 1. The van der Waals surface area contributed by atoms with Gasteiger partial charge >= 0.3 is 6.61 Å². The number of aromatic nitrogens is 2. The largest absolute Gasteiger partial charge is 0.435 e. The molecule has 21 heavy (non-hydrogen) atoms. The molecule has 0 aliphatic rings. The summed E-state index contributed by atoms with van der Waals surface area (Å²) >= 11 is 3.37. The van der Waals surface area contributed by atoms with E-state index in [-0.39, 0.29) is 11.7 Å². The number of nitrogens with zero attached hydrogens (tertiary/aromatic N) is 2. The lowest BCUT2D eigenvalue weighted by molar-refractivity contribution is -0.0498. The number of alkyl halides is 2. The average molecular weight is 358 g/mol. The molecule has 0 fully saturated rings. The number of nitrogens with two attached hydrogens (primary N) is 1. The number of benzene rings is 1. The van der Waals surface area contributed by atoms with Gasteiger partial charge in [0.15, 0.2) is 5.82 Å². The minimum atomic E-state index is -2.84. The number of rotatable bonds is 4. The first-order valence-corrected chi connectivity index (χ1v) is 7.06. The Hall–Kier alpha value is -1.76. The van der Waals surface area contributed by atoms with Gasteiger partial charge in [0.05, 0.1) is 10.2 Å². The molecule has 2 aromatic rings. The van der Waals surface area contributed by atoms with E-state index in [9.17, 15) is 8.78 Å². The summed E-state index contributed by atoms with van der Waals surface area (Å²) in [5, 5.41) is 0. The first-order valence-electron chi connectivity index (χ1n) is 6.26. The van der Waals surface area contributed by atoms with E-state index in [1.165, 1.54) is 12.1 Å². The SMILES string of the molecule is CC(C)c1nc(-c2ccc(OC(F)F)cc2)nc(N)c1Br. The molecule has 0 aliphatic carbocycles. The quantitative estimate of drug-likeness (QED) is 0.889. The summed E-state index contributed by atoms with van der Waals surface area (Å²) in [6.07, 6.45) is 0. The zero-order valence-electron chi connectivity index (χ0n) is 11.5. The highest BCUT2D eigenvalue weighted by Crippen LogP contribution is 2.30. The van der Waals surface area contributed by atoms with Gasteiger partial charge in [0.2, 0.25) is 0 Å². The molecule has 1 heterocycles. The van der Waals surface area contributed by atoms with Gasteiger partial charge in [0.1, 0.15) is 11.6 Å². The van der Waals surface area contributed by atoms with Crippen molar-refractivity contribution in [1.82, 2.24) is 9.97 Å². The first kappa shape index (κ1) is 15.6. The van der Waals surface area contributed by atoms with Crippen LogP contribution in [0.2, 0.25) is 0 Å². The van der Waals surface area contributed by atoms with Crippen molar-refractivity contribution in [2.75, 3.05) is 5.73 Å². The average Bonchev–Trinajstić information content (AvgIpc) is 2.41. The van der Waals surface area contributed by atoms with Crippen molar-refractivity contribution in [2.24, 2.45) is 0 Å². The van der Waals surface area contributed by atoms with Gasteiger partial charge < -0.3 is 10.5 Å². The zero-order valence-corrected chi connectivity index (χ0v) is 13.1. The second-order valence-electron chi connectivity index (χ2n) is 4.69. The normalized spacial score (nSPS) is 11.2. The van der Waals surface area contributed by atoms with Gasteiger partial charge in [-0.15, -0.1) is 0 Å². The molecule has 0 aliphatic heterocycles. The Bertz CT molecular complexity index is 633. The monoisotopic (exact) mass is 357 g/mol. The van der Waals surface area contributed by atoms with Crippen LogP contribution < -0.4 is 10.5 Å². The van der Waals surface area contributed by atoms with E-state index < -0.39 is 6.61 Å². The fourth-order valence-electron chi connectivity index (χ4n) is 1.78. The highest BCUT2D eigenvalue weighted by molar-refractivity contribution is 9.10. The maximum Gasteiger partial charge on any atom is 0.387 e. The maximum absolute atomic E-state index is 12.1. The van der Waals surface area contributed by atoms with Crippen LogP contribution in [0.5, 0.6) is 5.75 Å². The van der Waals surface area contributed by atoms with E-state index in [2.05, 4.69) is 30.6 Å². The lowest BCUT2D eigenvalue weighted by Gasteiger charge is -2.12. The van der Waals surface area contributed by atoms with E-state index in [0.29, 0.717) is 21.7 Å². The lowest BCUT2D eigenvalue weighted by atomic mass is 10.1. The minimum absolute atomic E-state index is 0.0860. The van der Waals surface area contributed by atoms with Crippen LogP contribution in [0, 0.1) is 0 Å². The maximum atomic E-state index is 12.1. The number of halogens is 3. The van der Waals surface area contributed by atoms with Crippen LogP contribution in [-0.4, -0.2) is 16.6 Å². The van der Waals surface area contributed by atoms with Gasteiger partial charge in [0, 0.05) is 5.56 Å². The van der Waals surface area contributed by atoms with Crippen LogP contribution in [0.3, 0.4) is 0 Å². The van der Waals surface area contributed by atoms with Gasteiger partial charge in [-0.3, -0.25) is 0 Å². The fourth-order valence-corrected chi connectivity index (χ4v) is 2.41. The third-order valence-corrected chi connectivity index (χ3v) is 3.60. The summed E-state index contributed by atoms with van der Waals surface area (Å²) < 4.78 is 29.2. The van der Waals surface area contributed by atoms with Crippen molar-refractivity contribution in [1.29, 1.82) is 0 Å². The van der Waals surface area contributed by atoms with Crippen molar-refractivity contribution >= 4 is 21.7 Å². The molecule has 0 spiro atoms. The van der Waals surface area contributed by atoms with Gasteiger partial charge in [-0.05, 0) is 46.1 Å². The molecular weight excluding hydrogens is 344 g/mol. The molecule has 2 rings (SSSR count). The fraction of sp³-hybridized carbons (Fsp3) is 0.286. The molecule has 0 saturated carbocycles. The third kappa shape index (κ3) is 3.66. The molecule has 4 nitrogen and oxygen atoms in total. The van der Waals surface area contributed by atoms with Crippen LogP contribution in [0.1, 0.15) is 25.5 Å². The molecule has 0 saturated heterocycles. The highest BCUT2D eigenvalue weighted by Gasteiger charge is 2.14. The van der Waals surface area contributed by atoms with Crippen molar-refractivity contribution in [2.45, 2.75) is 26.4 Å². The van der Waals surface area contributed by atoms with Crippen molar-refractivity contribution < 1.29 is 13.5 Å². The number of hydrogen-bond acceptors (Lipinski definition) is 4. The second kappa shape index (κ2) is 6.34. The van der Waals surface area contributed by atoms with Gasteiger partial charge in [0.25, 0.3) is 0 Å². The Morgan fingerprint density at radius 2 is 1.76 bits per heavy atom. The molecule has 0 atom stereocenters. The van der Waals surface area contributed by atoms with Gasteiger partial charge in [-0.2, -0.15) is 8.78 Å². The number of anilines is 1. The van der Waals surface area contributed by atoms with E-state index in [0.717, 1.165) is 5.69 Å². The molecule has 0 radical (unpaired) electrons. The van der Waals surface area contributed by atoms with Crippen molar-refractivity contribution in [3.63, 3.8) is 0 Å². The lowest BCUT2D eigenvalue weighted by Crippen LogP contribution is -2.04. The second-order valence-corrected chi connectivity index (χ2v) is 5.48. The summed E-state index contributed by atoms with van der Waals surface area (Å²) in [6, 6.07) is 6.12. The van der Waals surface area contributed by atoms with Crippen LogP contribution in [0.4, 0.5) is 14.6 Å². The topological polar surface area (TPSA) is 61.0 Å². The molecule has 112 valence electrons. The van der Waals surface area contributed by atoms with E-state index in [4.69, 9.17) is 5.73 Å². The first-order chi connectivity index (χ1) is 9.88. The van der Waals surface area contributed by atoms with Gasteiger partial charge in [-0.25, -0.2) is 9.97 Å². The molecule has 1 aromatic heterocycles. The summed E-state index contributed by atoms with van der Waals surface area (Å²) in [7, 11) is 0. The Labute approximate surface area is 129 Å². The number of hydrogen-bond donors (Lipinski definition) is 1. The summed E-state index contributed by atoms with van der Waals surface area (Å²) in [5.74, 6) is 1.05. The van der Waals surface area contributed by atoms with Crippen LogP contribution >= 0.6 is 15.9 Å². The Balaban J connectivity index is 2.38. The van der Waals surface area contributed by atoms with Gasteiger partial charge in [-0.1, -0.05) is 13.8 Å². The van der Waals surface area contributed by atoms with Crippen LogP contribution in [0.15, 0.2) is 28.7 Å². The number of nitrogen functional groups attached to an aromatic ring is 1. The van der Waals surface area contributed by atoms with Crippen LogP contribution in [-0.2, 0) is 0 Å². The Kier molecular flexibility index (Phi) is 4.72. The summed E-state index contributed by atoms with van der Waals surface area (Å²) in [6.45, 7) is 1.15. The smallest absolute Gasteiger partial charge is 0.387 e. The molecule has 0 amide bonds. The predicted octanol–water partition coefficient (Wildman–Crippen LogP) is 4.21. The molecule has 1 aromatic carbocycles. The Morgan fingerprint density at radius 1 is 1.14 bits per heavy atom. The molecule has 0 bridgehead atoms. The molecule has 2 N–H and O–H groups in total. The van der Waals surface area contributed by atoms with Crippen LogP contribution in [0.25, 0.3) is 11.4 Å². The van der Waals surface area contributed by atoms with E-state index in [1.54, 1.807) is 12.1 Å². The van der Waals surface area contributed by atoms with Crippen molar-refractivity contribution in [3.05, 3.63) is 34.4 Å². The van der Waals surface area contributed by atoms with E-state index in [1.807, 2.05) is 13.8 Å². The Morgan fingerprint density at radius 3 is 2.29 bits per heavy atom. The third-order valence-electron chi connectivity index (χ3n) is 2.79. The predicted molar refractivity (Wildman–Crippen MR) is 80.3 cm³/mol. The standard InChI is InChI=1S/C14H14BrF2N3O/c1-7(2)11-10(15)12(18)20-13(19-11)8-3-5-9(6-4-8)21-14(16)17/h3-7,14H,1-2H3,(H2,18,19,20).